The fourth-order valence-electron chi connectivity index (χ4n) is 0.568. The Bertz CT molecular complexity index is 124. The van der Waals surface area contributed by atoms with Gasteiger partial charge in [-0.05, 0) is 6.92 Å². The van der Waals surface area contributed by atoms with Crippen LogP contribution in [0.25, 0.3) is 0 Å². The summed E-state index contributed by atoms with van der Waals surface area (Å²) in [4.78, 5) is 9.87. The van der Waals surface area contributed by atoms with Gasteiger partial charge in [-0.1, -0.05) is 0 Å². The maximum Gasteiger partial charge on any atom is 0.151 e. The third-order valence-corrected chi connectivity index (χ3v) is 1.33. The van der Waals surface area contributed by atoms with E-state index in [9.17, 15) is 4.79 Å². The molecule has 0 rings (SSSR count). The Morgan fingerprint density at radius 1 is 1.09 bits per heavy atom. The van der Waals surface area contributed by atoms with Gasteiger partial charge in [-0.15, -0.1) is 0 Å². The number of aldehydes is 1. The number of aliphatic hydroxyl groups is 4. The second-order valence-corrected chi connectivity index (χ2v) is 2.35. The Hall–Kier alpha value is -0.490. The molecule has 0 amide bonds. The average Bonchev–Trinajstić information content (AvgIpc) is 2.00. The lowest BCUT2D eigenvalue weighted by Gasteiger charge is -2.21. The first-order chi connectivity index (χ1) is 5.00. The van der Waals surface area contributed by atoms with Gasteiger partial charge in [-0.3, -0.25) is 0 Å². The van der Waals surface area contributed by atoms with Gasteiger partial charge < -0.3 is 25.2 Å². The van der Waals surface area contributed by atoms with Crippen LogP contribution in [0.2, 0.25) is 0 Å². The number of hydrogen-bond acceptors (Lipinski definition) is 5. The maximum atomic E-state index is 9.87. The summed E-state index contributed by atoms with van der Waals surface area (Å²) in [5.41, 5.74) is 0. The maximum absolute atomic E-state index is 9.87. The zero-order valence-corrected chi connectivity index (χ0v) is 6.08. The molecule has 0 bridgehead atoms. The fourth-order valence-corrected chi connectivity index (χ4v) is 0.568. The van der Waals surface area contributed by atoms with Crippen LogP contribution in [-0.4, -0.2) is 51.1 Å². The largest absolute Gasteiger partial charge is 0.391 e. The van der Waals surface area contributed by atoms with Gasteiger partial charge >= 0.3 is 0 Å². The predicted octanol–water partition coefficient (Wildman–Crippen LogP) is -2.35. The molecule has 5 nitrogen and oxygen atoms in total. The lowest BCUT2D eigenvalue weighted by molar-refractivity contribution is -0.132. The van der Waals surface area contributed by atoms with Gasteiger partial charge in [0.1, 0.15) is 18.3 Å². The second-order valence-electron chi connectivity index (χ2n) is 2.35. The molecule has 0 aliphatic carbocycles. The van der Waals surface area contributed by atoms with E-state index in [0.29, 0.717) is 0 Å². The third-order valence-electron chi connectivity index (χ3n) is 1.33. The van der Waals surface area contributed by atoms with E-state index in [1.165, 1.54) is 6.92 Å². The molecular weight excluding hydrogens is 152 g/mol. The number of hydrogen-bond donors (Lipinski definition) is 4. The number of aliphatic hydroxyl groups excluding tert-OH is 4. The summed E-state index contributed by atoms with van der Waals surface area (Å²) in [6.45, 7) is 1.24. The normalized spacial score (nSPS) is 21.9. The van der Waals surface area contributed by atoms with Crippen molar-refractivity contribution in [3.63, 3.8) is 0 Å². The van der Waals surface area contributed by atoms with Crippen molar-refractivity contribution in [3.05, 3.63) is 0 Å². The molecule has 0 aliphatic heterocycles. The molecule has 0 fully saturated rings. The van der Waals surface area contributed by atoms with Crippen LogP contribution in [0.15, 0.2) is 0 Å². The molecule has 5 heteroatoms. The van der Waals surface area contributed by atoms with Crippen LogP contribution in [0.5, 0.6) is 0 Å². The highest BCUT2D eigenvalue weighted by Gasteiger charge is 2.27. The van der Waals surface area contributed by atoms with Gasteiger partial charge in [0, 0.05) is 0 Å². The molecule has 0 aromatic carbocycles. The first kappa shape index (κ1) is 10.5. The lowest BCUT2D eigenvalue weighted by Crippen LogP contribution is -2.43. The van der Waals surface area contributed by atoms with E-state index in [1.807, 2.05) is 0 Å². The van der Waals surface area contributed by atoms with Gasteiger partial charge in [-0.25, -0.2) is 0 Å². The first-order valence-electron chi connectivity index (χ1n) is 3.18. The van der Waals surface area contributed by atoms with Gasteiger partial charge in [0.2, 0.25) is 0 Å². The van der Waals surface area contributed by atoms with Crippen LogP contribution >= 0.6 is 0 Å². The van der Waals surface area contributed by atoms with Crippen molar-refractivity contribution in [3.8, 4) is 0 Å². The first-order valence-corrected chi connectivity index (χ1v) is 3.18. The number of carbonyl (C=O) groups is 1. The molecule has 0 spiro atoms. The van der Waals surface area contributed by atoms with Crippen molar-refractivity contribution in [1.29, 1.82) is 0 Å². The minimum Gasteiger partial charge on any atom is -0.391 e. The quantitative estimate of drug-likeness (QED) is 0.349. The van der Waals surface area contributed by atoms with Crippen molar-refractivity contribution in [2.24, 2.45) is 0 Å². The lowest BCUT2D eigenvalue weighted by atomic mass is 10.1. The molecule has 66 valence electrons. The topological polar surface area (TPSA) is 98.0 Å². The zero-order chi connectivity index (χ0) is 9.02. The Balaban J connectivity index is 4.00. The van der Waals surface area contributed by atoms with Crippen molar-refractivity contribution in [2.75, 3.05) is 0 Å². The van der Waals surface area contributed by atoms with E-state index in [4.69, 9.17) is 20.4 Å². The van der Waals surface area contributed by atoms with Gasteiger partial charge in [0.05, 0.1) is 6.10 Å². The van der Waals surface area contributed by atoms with Crippen molar-refractivity contribution in [2.45, 2.75) is 31.3 Å². The van der Waals surface area contributed by atoms with Crippen molar-refractivity contribution < 1.29 is 25.2 Å². The van der Waals surface area contributed by atoms with Crippen molar-refractivity contribution in [1.82, 2.24) is 0 Å². The third kappa shape index (κ3) is 2.94. The standard InChI is InChI=1S/C6H12O5/c1-3(8)5(10)6(11)4(9)2-7/h2-6,8-11H,1H3/t3-,4+,5-,6-/m0/s1. The summed E-state index contributed by atoms with van der Waals surface area (Å²) in [5, 5.41) is 35.1. The van der Waals surface area contributed by atoms with Crippen LogP contribution in [0.3, 0.4) is 0 Å². The molecule has 0 heterocycles. The molecule has 0 saturated heterocycles. The summed E-state index contributed by atoms with van der Waals surface area (Å²) in [5.74, 6) is 0. The summed E-state index contributed by atoms with van der Waals surface area (Å²) >= 11 is 0. The number of rotatable bonds is 4. The Labute approximate surface area is 63.9 Å². The van der Waals surface area contributed by atoms with E-state index in [0.717, 1.165) is 0 Å². The molecular formula is C6H12O5. The van der Waals surface area contributed by atoms with Crippen LogP contribution in [0.4, 0.5) is 0 Å². The van der Waals surface area contributed by atoms with Gasteiger partial charge in [0.25, 0.3) is 0 Å². The highest BCUT2D eigenvalue weighted by molar-refractivity contribution is 5.56. The SMILES string of the molecule is C[C@H](O)[C@H](O)[C@@H](O)[C@H](O)C=O. The van der Waals surface area contributed by atoms with Crippen LogP contribution in [-0.2, 0) is 4.79 Å². The molecule has 0 radical (unpaired) electrons. The monoisotopic (exact) mass is 164 g/mol. The molecule has 0 aromatic rings. The summed E-state index contributed by atoms with van der Waals surface area (Å²) in [6.07, 6.45) is -5.88. The van der Waals surface area contributed by atoms with Crippen LogP contribution in [0.1, 0.15) is 6.92 Å². The summed E-state index contributed by atoms with van der Waals surface area (Å²) in [7, 11) is 0. The zero-order valence-electron chi connectivity index (χ0n) is 6.08. The number of carbonyl (C=O) groups excluding carboxylic acids is 1. The molecule has 4 N–H and O–H groups in total. The fraction of sp³-hybridized carbons (Fsp3) is 0.833. The van der Waals surface area contributed by atoms with E-state index in [2.05, 4.69) is 0 Å². The summed E-state index contributed by atoms with van der Waals surface area (Å²) in [6, 6.07) is 0. The van der Waals surface area contributed by atoms with Gasteiger partial charge in [-0.2, -0.15) is 0 Å². The Morgan fingerprint density at radius 3 is 1.82 bits per heavy atom. The molecule has 11 heavy (non-hydrogen) atoms. The minimum absolute atomic E-state index is 0.0935. The van der Waals surface area contributed by atoms with Crippen molar-refractivity contribution >= 4 is 6.29 Å². The molecule has 0 aliphatic rings. The van der Waals surface area contributed by atoms with Crippen LogP contribution < -0.4 is 0 Å². The Kier molecular flexibility index (Phi) is 4.20. The molecule has 0 unspecified atom stereocenters. The molecule has 4 atom stereocenters. The predicted molar refractivity (Wildman–Crippen MR) is 35.8 cm³/mol. The minimum atomic E-state index is -1.65. The van der Waals surface area contributed by atoms with E-state index in [-0.39, 0.29) is 6.29 Å². The molecule has 0 saturated carbocycles. The highest BCUT2D eigenvalue weighted by Crippen LogP contribution is 2.02. The van der Waals surface area contributed by atoms with E-state index >= 15 is 0 Å². The van der Waals surface area contributed by atoms with E-state index in [1.54, 1.807) is 0 Å². The molecule has 0 aromatic heterocycles. The Morgan fingerprint density at radius 2 is 1.55 bits per heavy atom. The van der Waals surface area contributed by atoms with E-state index < -0.39 is 24.4 Å². The summed E-state index contributed by atoms with van der Waals surface area (Å²) < 4.78 is 0. The smallest absolute Gasteiger partial charge is 0.151 e. The van der Waals surface area contributed by atoms with Gasteiger partial charge in [0.15, 0.2) is 6.29 Å². The second kappa shape index (κ2) is 4.40. The van der Waals surface area contributed by atoms with Crippen LogP contribution in [0, 0.1) is 0 Å². The average molecular weight is 164 g/mol. The highest BCUT2D eigenvalue weighted by atomic mass is 16.4.